The fourth-order valence-corrected chi connectivity index (χ4v) is 3.24. The highest BCUT2D eigenvalue weighted by Crippen LogP contribution is 2.38. The largest absolute Gasteiger partial charge is 0.390 e. The van der Waals surface area contributed by atoms with Crippen LogP contribution in [-0.2, 0) is 0 Å². The predicted octanol–water partition coefficient (Wildman–Crippen LogP) is 3.17. The Morgan fingerprint density at radius 2 is 1.67 bits per heavy atom. The summed E-state index contributed by atoms with van der Waals surface area (Å²) in [7, 11) is 0. The van der Waals surface area contributed by atoms with Gasteiger partial charge in [-0.2, -0.15) is 13.2 Å². The Morgan fingerprint density at radius 3 is 2.13 bits per heavy atom. The van der Waals surface area contributed by atoms with Gasteiger partial charge in [-0.25, -0.2) is 0 Å². The van der Waals surface area contributed by atoms with Crippen LogP contribution in [0.2, 0.25) is 0 Å². The van der Waals surface area contributed by atoms with Crippen molar-refractivity contribution in [3.63, 3.8) is 0 Å². The monoisotopic (exact) mass is 241 g/mol. The van der Waals surface area contributed by atoms with Crippen LogP contribution in [0.4, 0.5) is 13.2 Å². The third kappa shape index (κ3) is 2.78. The number of hydrogen-bond donors (Lipinski definition) is 0. The maximum atomic E-state index is 12.1. The molecule has 0 aromatic rings. The third-order valence-corrected chi connectivity index (χ3v) is 3.84. The maximum absolute atomic E-state index is 12.1. The van der Waals surface area contributed by atoms with Crippen LogP contribution in [0, 0.1) is 0 Å². The Kier molecular flexibility index (Phi) is 3.17. The van der Waals surface area contributed by atoms with Gasteiger partial charge in [0.15, 0.2) is 0 Å². The zero-order valence-electron chi connectivity index (χ0n) is 8.43. The van der Waals surface area contributed by atoms with E-state index >= 15 is 0 Å². The Hall–Kier alpha value is 0.0400. The average Bonchev–Trinajstić information content (AvgIpc) is 2.33. The molecule has 2 rings (SSSR count). The lowest BCUT2D eigenvalue weighted by atomic mass is 10.0. The second-order valence-electron chi connectivity index (χ2n) is 4.56. The molecule has 2 fully saturated rings. The number of nitrogens with zero attached hydrogens (tertiary/aromatic N) is 1. The summed E-state index contributed by atoms with van der Waals surface area (Å²) >= 11 is 6.05. The molecule has 5 heteroatoms. The summed E-state index contributed by atoms with van der Waals surface area (Å²) in [4.78, 5) is 2.02. The summed E-state index contributed by atoms with van der Waals surface area (Å²) in [5.74, 6) is 0. The molecule has 88 valence electrons. The molecule has 0 radical (unpaired) electrons. The van der Waals surface area contributed by atoms with Crippen LogP contribution in [0.25, 0.3) is 0 Å². The SMILES string of the molecule is FC(F)(F)CCN1C2CCC1CC(Cl)C2. The van der Waals surface area contributed by atoms with Gasteiger partial charge in [0.05, 0.1) is 6.42 Å². The fraction of sp³-hybridized carbons (Fsp3) is 1.00. The molecule has 15 heavy (non-hydrogen) atoms. The number of rotatable bonds is 2. The average molecular weight is 242 g/mol. The first-order valence-electron chi connectivity index (χ1n) is 5.42. The van der Waals surface area contributed by atoms with E-state index in [1.807, 2.05) is 4.90 Å². The van der Waals surface area contributed by atoms with E-state index in [0.29, 0.717) is 12.1 Å². The molecule has 0 aromatic heterocycles. The molecule has 2 bridgehead atoms. The minimum atomic E-state index is -4.03. The zero-order chi connectivity index (χ0) is 11.1. The van der Waals surface area contributed by atoms with Crippen molar-refractivity contribution in [3.8, 4) is 0 Å². The van der Waals surface area contributed by atoms with E-state index in [9.17, 15) is 13.2 Å². The number of halogens is 4. The Labute approximate surface area is 92.6 Å². The Balaban J connectivity index is 1.89. The van der Waals surface area contributed by atoms with Crippen LogP contribution in [-0.4, -0.2) is 35.1 Å². The van der Waals surface area contributed by atoms with Gasteiger partial charge in [0.25, 0.3) is 0 Å². The molecule has 2 unspecified atom stereocenters. The standard InChI is InChI=1S/C10H15ClF3N/c11-7-5-8-1-2-9(6-7)15(8)4-3-10(12,13)14/h7-9H,1-6H2. The van der Waals surface area contributed by atoms with E-state index in [4.69, 9.17) is 11.6 Å². The molecule has 0 amide bonds. The first-order valence-corrected chi connectivity index (χ1v) is 5.86. The van der Waals surface area contributed by atoms with Crippen LogP contribution in [0.3, 0.4) is 0 Å². The van der Waals surface area contributed by atoms with E-state index < -0.39 is 12.6 Å². The summed E-state index contributed by atoms with van der Waals surface area (Å²) in [6.07, 6.45) is -0.965. The van der Waals surface area contributed by atoms with E-state index in [2.05, 4.69) is 0 Å². The number of hydrogen-bond acceptors (Lipinski definition) is 1. The van der Waals surface area contributed by atoms with Gasteiger partial charge in [0.2, 0.25) is 0 Å². The molecule has 2 atom stereocenters. The van der Waals surface area contributed by atoms with Crippen molar-refractivity contribution in [2.45, 2.75) is 55.7 Å². The van der Waals surface area contributed by atoms with Gasteiger partial charge in [-0.15, -0.1) is 11.6 Å². The van der Waals surface area contributed by atoms with Gasteiger partial charge >= 0.3 is 6.18 Å². The summed E-state index contributed by atoms with van der Waals surface area (Å²) < 4.78 is 36.3. The van der Waals surface area contributed by atoms with Crippen molar-refractivity contribution < 1.29 is 13.2 Å². The highest BCUT2D eigenvalue weighted by molar-refractivity contribution is 6.20. The van der Waals surface area contributed by atoms with Gasteiger partial charge < -0.3 is 0 Å². The quantitative estimate of drug-likeness (QED) is 0.672. The van der Waals surface area contributed by atoms with E-state index in [0.717, 1.165) is 25.7 Å². The highest BCUT2D eigenvalue weighted by Gasteiger charge is 2.41. The fourth-order valence-electron chi connectivity index (χ4n) is 2.83. The van der Waals surface area contributed by atoms with Crippen molar-refractivity contribution in [2.24, 2.45) is 0 Å². The minimum Gasteiger partial charge on any atom is -0.297 e. The molecule has 0 saturated carbocycles. The predicted molar refractivity (Wildman–Crippen MR) is 53.1 cm³/mol. The van der Waals surface area contributed by atoms with E-state index in [1.165, 1.54) is 0 Å². The van der Waals surface area contributed by atoms with Crippen LogP contribution < -0.4 is 0 Å². The van der Waals surface area contributed by atoms with Crippen LogP contribution in [0.15, 0.2) is 0 Å². The molecule has 0 spiro atoms. The van der Waals surface area contributed by atoms with E-state index in [-0.39, 0.29) is 11.9 Å². The molecule has 1 nitrogen and oxygen atoms in total. The molecule has 0 aromatic carbocycles. The zero-order valence-corrected chi connectivity index (χ0v) is 9.19. The molecule has 2 saturated heterocycles. The molecule has 2 heterocycles. The molecule has 0 N–H and O–H groups in total. The summed E-state index contributed by atoms with van der Waals surface area (Å²) in [5.41, 5.74) is 0. The Morgan fingerprint density at radius 1 is 1.13 bits per heavy atom. The smallest absolute Gasteiger partial charge is 0.297 e. The summed E-state index contributed by atoms with van der Waals surface area (Å²) in [6, 6.07) is 0.599. The second-order valence-corrected chi connectivity index (χ2v) is 5.17. The van der Waals surface area contributed by atoms with Gasteiger partial charge in [0.1, 0.15) is 0 Å². The van der Waals surface area contributed by atoms with Crippen molar-refractivity contribution in [3.05, 3.63) is 0 Å². The van der Waals surface area contributed by atoms with Crippen molar-refractivity contribution >= 4 is 11.6 Å². The van der Waals surface area contributed by atoms with Gasteiger partial charge in [-0.3, -0.25) is 4.90 Å². The van der Waals surface area contributed by atoms with Gasteiger partial charge in [-0.05, 0) is 25.7 Å². The topological polar surface area (TPSA) is 3.24 Å². The minimum absolute atomic E-state index is 0.155. The first kappa shape index (κ1) is 11.5. The van der Waals surface area contributed by atoms with Crippen LogP contribution in [0.5, 0.6) is 0 Å². The van der Waals surface area contributed by atoms with Crippen molar-refractivity contribution in [1.82, 2.24) is 4.90 Å². The van der Waals surface area contributed by atoms with Crippen LogP contribution in [0.1, 0.15) is 32.1 Å². The maximum Gasteiger partial charge on any atom is 0.390 e. The van der Waals surface area contributed by atoms with Gasteiger partial charge in [-0.1, -0.05) is 0 Å². The number of piperidine rings is 1. The highest BCUT2D eigenvalue weighted by atomic mass is 35.5. The molecular weight excluding hydrogens is 227 g/mol. The van der Waals surface area contributed by atoms with Gasteiger partial charge in [0, 0.05) is 24.0 Å². The lowest BCUT2D eigenvalue weighted by Crippen LogP contribution is -2.44. The number of fused-ring (bicyclic) bond motifs is 2. The second kappa shape index (κ2) is 4.13. The first-order chi connectivity index (χ1) is 6.96. The lowest BCUT2D eigenvalue weighted by molar-refractivity contribution is -0.140. The molecule has 2 aliphatic heterocycles. The summed E-state index contributed by atoms with van der Waals surface area (Å²) in [5, 5.41) is 0.171. The number of alkyl halides is 4. The Bertz CT molecular complexity index is 217. The van der Waals surface area contributed by atoms with E-state index in [1.54, 1.807) is 0 Å². The molecule has 0 aliphatic carbocycles. The van der Waals surface area contributed by atoms with Crippen molar-refractivity contribution in [2.75, 3.05) is 6.54 Å². The third-order valence-electron chi connectivity index (χ3n) is 3.48. The van der Waals surface area contributed by atoms with Crippen LogP contribution >= 0.6 is 11.6 Å². The molecule has 2 aliphatic rings. The lowest BCUT2D eigenvalue weighted by Gasteiger charge is -2.37. The summed E-state index contributed by atoms with van der Waals surface area (Å²) in [6.45, 7) is 0.155. The van der Waals surface area contributed by atoms with Crippen molar-refractivity contribution in [1.29, 1.82) is 0 Å². The molecular formula is C10H15ClF3N. The normalized spacial score (nSPS) is 37.2.